The summed E-state index contributed by atoms with van der Waals surface area (Å²) in [6.45, 7) is 0. The van der Waals surface area contributed by atoms with Crippen LogP contribution in [0.3, 0.4) is 0 Å². The van der Waals surface area contributed by atoms with Crippen LogP contribution in [0.25, 0.3) is 11.3 Å². The first-order valence-electron chi connectivity index (χ1n) is 4.85. The van der Waals surface area contributed by atoms with Crippen LogP contribution in [-0.2, 0) is 0 Å². The molecule has 0 radical (unpaired) electrons. The second-order valence-electron chi connectivity index (χ2n) is 3.42. The number of benzene rings is 1. The van der Waals surface area contributed by atoms with Gasteiger partial charge in [0.15, 0.2) is 5.75 Å². The summed E-state index contributed by atoms with van der Waals surface area (Å²) in [4.78, 5) is 12.1. The minimum absolute atomic E-state index is 0.0312. The molecule has 0 aromatic rings. The van der Waals surface area contributed by atoms with Gasteiger partial charge in [0.05, 0.1) is 19.8 Å². The molecule has 3 N–H and O–H groups in total. The molecule has 0 saturated heterocycles. The van der Waals surface area contributed by atoms with E-state index < -0.39 is 0 Å². The molecule has 6 nitrogen and oxygen atoms in total. The Bertz CT molecular complexity index is 591. The van der Waals surface area contributed by atoms with Crippen LogP contribution < -0.4 is 20.6 Å². The molecule has 2 rings (SSSR count). The molecular weight excluding hydrogens is 224 g/mol. The number of fused-ring (bicyclic) bond motifs is 1. The molecule has 1 aliphatic carbocycles. The highest BCUT2D eigenvalue weighted by molar-refractivity contribution is 5.82. The molecule has 0 unspecified atom stereocenters. The van der Waals surface area contributed by atoms with Gasteiger partial charge in [-0.1, -0.05) is 0 Å². The number of aromatic nitrogens is 1. The zero-order chi connectivity index (χ0) is 12.6. The van der Waals surface area contributed by atoms with E-state index in [9.17, 15) is 10.0 Å². The molecule has 1 heterocycles. The molecule has 0 aromatic heterocycles. The number of nitrogens with two attached hydrogens (primary N) is 1. The third-order valence-corrected chi connectivity index (χ3v) is 2.54. The lowest BCUT2D eigenvalue weighted by atomic mass is 10.1. The number of hydrogen-bond donors (Lipinski definition) is 2. The van der Waals surface area contributed by atoms with Gasteiger partial charge in [-0.25, -0.2) is 0 Å². The monoisotopic (exact) mass is 236 g/mol. The first-order valence-corrected chi connectivity index (χ1v) is 4.85. The maximum Gasteiger partial charge on any atom is 0.233 e. The number of pyridine rings is 1. The third-order valence-electron chi connectivity index (χ3n) is 2.54. The van der Waals surface area contributed by atoms with Gasteiger partial charge >= 0.3 is 0 Å². The van der Waals surface area contributed by atoms with Gasteiger partial charge in [0.1, 0.15) is 11.4 Å². The summed E-state index contributed by atoms with van der Waals surface area (Å²) in [6, 6.07) is 3.10. The maximum atomic E-state index is 12.1. The predicted octanol–water partition coefficient (Wildman–Crippen LogP) is 0.790. The van der Waals surface area contributed by atoms with Crippen LogP contribution in [-0.4, -0.2) is 24.2 Å². The van der Waals surface area contributed by atoms with Crippen molar-refractivity contribution in [3.8, 4) is 22.8 Å². The quantitative estimate of drug-likeness (QED) is 0.594. The molecule has 17 heavy (non-hydrogen) atoms. The highest BCUT2D eigenvalue weighted by Crippen LogP contribution is 2.38. The van der Waals surface area contributed by atoms with Crippen molar-refractivity contribution >= 4 is 5.69 Å². The van der Waals surface area contributed by atoms with Gasteiger partial charge in [0.25, 0.3) is 0 Å². The Labute approximate surface area is 97.1 Å². The number of rotatable bonds is 2. The predicted molar refractivity (Wildman–Crippen MR) is 62.0 cm³/mol. The van der Waals surface area contributed by atoms with Crippen molar-refractivity contribution in [1.82, 2.24) is 4.73 Å². The molecule has 0 fully saturated rings. The molecule has 90 valence electrons. The van der Waals surface area contributed by atoms with Crippen LogP contribution in [0, 0.1) is 0 Å². The fraction of sp³-hybridized carbons (Fsp3) is 0.182. The Morgan fingerprint density at radius 3 is 2.53 bits per heavy atom. The summed E-state index contributed by atoms with van der Waals surface area (Å²) in [6.07, 6.45) is 1.38. The van der Waals surface area contributed by atoms with Gasteiger partial charge in [-0.3, -0.25) is 4.79 Å². The summed E-state index contributed by atoms with van der Waals surface area (Å²) < 4.78 is 10.8. The van der Waals surface area contributed by atoms with Crippen molar-refractivity contribution < 1.29 is 14.7 Å². The lowest BCUT2D eigenvalue weighted by Gasteiger charge is -2.16. The maximum absolute atomic E-state index is 12.1. The summed E-state index contributed by atoms with van der Waals surface area (Å²) in [7, 11) is 2.74. The van der Waals surface area contributed by atoms with Crippen LogP contribution in [0.15, 0.2) is 23.1 Å². The topological polar surface area (TPSA) is 86.7 Å². The molecule has 0 amide bonds. The molecule has 0 aromatic carbocycles. The van der Waals surface area contributed by atoms with E-state index in [1.807, 2.05) is 0 Å². The molecule has 0 spiro atoms. The van der Waals surface area contributed by atoms with Crippen LogP contribution in [0.2, 0.25) is 0 Å². The zero-order valence-corrected chi connectivity index (χ0v) is 9.43. The molecular formula is C11H12N2O4. The van der Waals surface area contributed by atoms with Crippen molar-refractivity contribution in [2.24, 2.45) is 0 Å². The van der Waals surface area contributed by atoms with Crippen molar-refractivity contribution in [3.63, 3.8) is 0 Å². The Morgan fingerprint density at radius 2 is 1.94 bits per heavy atom. The number of ether oxygens (including phenoxy) is 2. The van der Waals surface area contributed by atoms with Gasteiger partial charge in [0, 0.05) is 6.20 Å². The first kappa shape index (κ1) is 11.1. The summed E-state index contributed by atoms with van der Waals surface area (Å²) in [5.41, 5.74) is 6.10. The van der Waals surface area contributed by atoms with Gasteiger partial charge < -0.3 is 20.4 Å². The van der Waals surface area contributed by atoms with Crippen LogP contribution in [0.1, 0.15) is 0 Å². The Hall–Kier alpha value is -2.37. The van der Waals surface area contributed by atoms with E-state index in [4.69, 9.17) is 15.2 Å². The van der Waals surface area contributed by atoms with Crippen molar-refractivity contribution in [2.75, 3.05) is 20.0 Å². The van der Waals surface area contributed by atoms with Crippen LogP contribution >= 0.6 is 0 Å². The Morgan fingerprint density at radius 1 is 1.29 bits per heavy atom. The fourth-order valence-corrected chi connectivity index (χ4v) is 1.79. The standard InChI is InChI=1S/C11H12N2O4/c1-16-10-7(12)8-6(4-3-5-13(8)15)9(14)11(10)17-2/h3-5,15H,12H2,1-2H3. The van der Waals surface area contributed by atoms with E-state index in [1.165, 1.54) is 26.5 Å². The normalized spacial score (nSPS) is 10.5. The number of hydrogen-bond acceptors (Lipinski definition) is 5. The molecule has 0 bridgehead atoms. The lowest BCUT2D eigenvalue weighted by molar-refractivity contribution is 0.189. The Balaban J connectivity index is 2.99. The van der Waals surface area contributed by atoms with Crippen molar-refractivity contribution in [2.45, 2.75) is 0 Å². The highest BCUT2D eigenvalue weighted by Gasteiger charge is 2.24. The largest absolute Gasteiger partial charge is 0.491 e. The molecule has 2 aliphatic rings. The van der Waals surface area contributed by atoms with E-state index in [0.29, 0.717) is 0 Å². The number of methoxy groups -OCH3 is 2. The summed E-state index contributed by atoms with van der Waals surface area (Å²) >= 11 is 0. The number of anilines is 1. The van der Waals surface area contributed by atoms with Gasteiger partial charge in [-0.05, 0) is 12.1 Å². The summed E-state index contributed by atoms with van der Waals surface area (Å²) in [5, 5.41) is 9.66. The second-order valence-corrected chi connectivity index (χ2v) is 3.42. The first-order chi connectivity index (χ1) is 8.11. The number of nitrogen functional groups attached to an aromatic ring is 1. The average Bonchev–Trinajstić information content (AvgIpc) is 2.33. The molecule has 1 aliphatic heterocycles. The Kier molecular flexibility index (Phi) is 2.55. The molecule has 0 atom stereocenters. The van der Waals surface area contributed by atoms with Gasteiger partial charge in [-0.2, -0.15) is 4.73 Å². The van der Waals surface area contributed by atoms with E-state index in [2.05, 4.69) is 0 Å². The molecule has 6 heteroatoms. The van der Waals surface area contributed by atoms with Gasteiger partial charge in [0.2, 0.25) is 11.2 Å². The minimum Gasteiger partial charge on any atom is -0.491 e. The lowest BCUT2D eigenvalue weighted by Crippen LogP contribution is -2.17. The molecule has 0 saturated carbocycles. The highest BCUT2D eigenvalue weighted by atomic mass is 16.5. The van der Waals surface area contributed by atoms with Gasteiger partial charge in [-0.15, -0.1) is 0 Å². The second kappa shape index (κ2) is 3.89. The fourth-order valence-electron chi connectivity index (χ4n) is 1.79. The smallest absolute Gasteiger partial charge is 0.233 e. The van der Waals surface area contributed by atoms with Crippen LogP contribution in [0.4, 0.5) is 5.69 Å². The van der Waals surface area contributed by atoms with E-state index in [1.54, 1.807) is 6.07 Å². The number of nitrogens with zero attached hydrogens (tertiary/aromatic N) is 1. The van der Waals surface area contributed by atoms with E-state index in [0.717, 1.165) is 4.73 Å². The SMILES string of the molecule is COc1c(N)c2n(O)cccc-2c(=O)c1OC. The van der Waals surface area contributed by atoms with Crippen molar-refractivity contribution in [1.29, 1.82) is 0 Å². The summed E-state index contributed by atoms with van der Waals surface area (Å²) in [5.74, 6) is 0.155. The zero-order valence-electron chi connectivity index (χ0n) is 9.43. The minimum atomic E-state index is -0.378. The third kappa shape index (κ3) is 1.45. The van der Waals surface area contributed by atoms with E-state index >= 15 is 0 Å². The average molecular weight is 236 g/mol. The van der Waals surface area contributed by atoms with Crippen molar-refractivity contribution in [3.05, 3.63) is 28.6 Å². The van der Waals surface area contributed by atoms with Crippen LogP contribution in [0.5, 0.6) is 11.5 Å². The van der Waals surface area contributed by atoms with E-state index in [-0.39, 0.29) is 33.9 Å².